The molecule has 0 amide bonds. The van der Waals surface area contributed by atoms with E-state index in [1.54, 1.807) is 0 Å². The quantitative estimate of drug-likeness (QED) is 0.211. The number of aliphatic carboxylic acids is 1. The second-order valence-electron chi connectivity index (χ2n) is 3.15. The molecule has 0 unspecified atom stereocenters. The van der Waals surface area contributed by atoms with Crippen molar-refractivity contribution >= 4 is 16.1 Å². The minimum absolute atomic E-state index is 0.0948. The van der Waals surface area contributed by atoms with Gasteiger partial charge in [-0.2, -0.15) is 8.42 Å². The number of rotatable bonds is 5. The van der Waals surface area contributed by atoms with Gasteiger partial charge in [-0.1, -0.05) is 12.7 Å². The lowest BCUT2D eigenvalue weighted by atomic mass is 10.2. The van der Waals surface area contributed by atoms with Crippen LogP contribution in [-0.4, -0.2) is 36.1 Å². The summed E-state index contributed by atoms with van der Waals surface area (Å²) in [6.07, 6.45) is 1.97. The van der Waals surface area contributed by atoms with Gasteiger partial charge >= 0.3 is 5.97 Å². The summed E-state index contributed by atoms with van der Waals surface area (Å²) in [5.74, 6) is 4.07. The van der Waals surface area contributed by atoms with Crippen LogP contribution in [-0.2, 0) is 14.9 Å². The van der Waals surface area contributed by atoms with Crippen LogP contribution in [0.5, 0.6) is 0 Å². The summed E-state index contributed by atoms with van der Waals surface area (Å²) in [7, 11) is -3.05. The van der Waals surface area contributed by atoms with Crippen LogP contribution in [0.2, 0.25) is 0 Å². The van der Waals surface area contributed by atoms with Crippen molar-refractivity contribution in [1.82, 2.24) is 5.01 Å². The van der Waals surface area contributed by atoms with Crippen molar-refractivity contribution in [2.45, 2.75) is 6.92 Å². The second kappa shape index (κ2) is 5.62. The van der Waals surface area contributed by atoms with Crippen LogP contribution in [0.25, 0.3) is 0 Å². The lowest BCUT2D eigenvalue weighted by Crippen LogP contribution is -2.27. The molecule has 0 spiro atoms. The van der Waals surface area contributed by atoms with Crippen LogP contribution < -0.4 is 5.84 Å². The highest BCUT2D eigenvalue weighted by Crippen LogP contribution is 2.14. The van der Waals surface area contributed by atoms with Gasteiger partial charge in [-0.15, -0.1) is 0 Å². The Morgan fingerprint density at radius 1 is 1.47 bits per heavy atom. The highest BCUT2D eigenvalue weighted by molar-refractivity contribution is 7.89. The highest BCUT2D eigenvalue weighted by atomic mass is 32.2. The van der Waals surface area contributed by atoms with E-state index < -0.39 is 21.0 Å². The molecule has 0 saturated heterocycles. The standard InChI is InChI=1S/C9H14N2O5S/c1-4-7(9(12)13)8(11(3)10)5-6(2)17(14,15)16/h4-5H,1,10H2,2-3H3,(H,12,13)(H,14,15,16)/b6-5+,8-7-. The molecule has 0 saturated carbocycles. The third-order valence-electron chi connectivity index (χ3n) is 1.84. The Labute approximate surface area is 99.2 Å². The lowest BCUT2D eigenvalue weighted by Gasteiger charge is -2.16. The number of allylic oxidation sites excluding steroid dienone is 2. The molecular weight excluding hydrogens is 248 g/mol. The van der Waals surface area contributed by atoms with Crippen molar-refractivity contribution in [3.8, 4) is 0 Å². The molecule has 0 heterocycles. The summed E-state index contributed by atoms with van der Waals surface area (Å²) in [6.45, 7) is 4.41. The molecule has 0 radical (unpaired) electrons. The van der Waals surface area contributed by atoms with Crippen molar-refractivity contribution in [2.75, 3.05) is 7.05 Å². The van der Waals surface area contributed by atoms with Crippen LogP contribution >= 0.6 is 0 Å². The number of likely N-dealkylation sites (N-methyl/N-ethyl adjacent to an activating group) is 1. The van der Waals surface area contributed by atoms with E-state index in [0.717, 1.165) is 24.1 Å². The Balaban J connectivity index is 5.90. The van der Waals surface area contributed by atoms with Gasteiger partial charge < -0.3 is 10.1 Å². The monoisotopic (exact) mass is 262 g/mol. The molecule has 0 bridgehead atoms. The molecule has 17 heavy (non-hydrogen) atoms. The molecule has 96 valence electrons. The molecule has 0 aromatic heterocycles. The van der Waals surface area contributed by atoms with Crippen LogP contribution in [0.4, 0.5) is 0 Å². The smallest absolute Gasteiger partial charge is 0.337 e. The van der Waals surface area contributed by atoms with Crippen LogP contribution in [0.3, 0.4) is 0 Å². The van der Waals surface area contributed by atoms with Gasteiger partial charge in [0.1, 0.15) is 0 Å². The number of hydrazine groups is 1. The minimum Gasteiger partial charge on any atom is -0.478 e. The fourth-order valence-electron chi connectivity index (χ4n) is 0.938. The van der Waals surface area contributed by atoms with E-state index in [2.05, 4.69) is 6.58 Å². The molecule has 0 aliphatic rings. The predicted octanol–water partition coefficient (Wildman–Crippen LogP) is 0.108. The van der Waals surface area contributed by atoms with Crippen molar-refractivity contribution in [3.63, 3.8) is 0 Å². The summed E-state index contributed by atoms with van der Waals surface area (Å²) in [5, 5.41) is 9.77. The topological polar surface area (TPSA) is 121 Å². The van der Waals surface area contributed by atoms with Gasteiger partial charge in [0.05, 0.1) is 16.2 Å². The second-order valence-corrected chi connectivity index (χ2v) is 4.74. The Hall–Kier alpha value is -1.64. The molecule has 0 fully saturated rings. The van der Waals surface area contributed by atoms with E-state index in [-0.39, 0.29) is 11.3 Å². The Bertz CT molecular complexity index is 488. The third-order valence-corrected chi connectivity index (χ3v) is 2.77. The molecule has 8 heteroatoms. The predicted molar refractivity (Wildman–Crippen MR) is 62.1 cm³/mol. The minimum atomic E-state index is -4.38. The maximum atomic E-state index is 10.9. The maximum absolute atomic E-state index is 10.9. The average Bonchev–Trinajstić information content (AvgIpc) is 2.14. The summed E-state index contributed by atoms with van der Waals surface area (Å²) >= 11 is 0. The molecular formula is C9H14N2O5S. The van der Waals surface area contributed by atoms with E-state index >= 15 is 0 Å². The largest absolute Gasteiger partial charge is 0.478 e. The zero-order valence-electron chi connectivity index (χ0n) is 9.41. The van der Waals surface area contributed by atoms with E-state index in [0.29, 0.717) is 0 Å². The first-order valence-electron chi connectivity index (χ1n) is 4.35. The first-order valence-corrected chi connectivity index (χ1v) is 5.79. The zero-order chi connectivity index (χ0) is 13.8. The van der Waals surface area contributed by atoms with Gasteiger partial charge in [0.25, 0.3) is 10.1 Å². The summed E-state index contributed by atoms with van der Waals surface area (Å²) in [5.41, 5.74) is -0.374. The highest BCUT2D eigenvalue weighted by Gasteiger charge is 2.15. The third kappa shape index (κ3) is 4.39. The molecule has 0 rings (SSSR count). The summed E-state index contributed by atoms with van der Waals surface area (Å²) < 4.78 is 30.4. The zero-order valence-corrected chi connectivity index (χ0v) is 10.2. The molecule has 0 aliphatic heterocycles. The number of nitrogens with zero attached hydrogens (tertiary/aromatic N) is 1. The van der Waals surface area contributed by atoms with Crippen molar-refractivity contribution in [2.24, 2.45) is 5.84 Å². The molecule has 0 aromatic rings. The number of carbonyl (C=O) groups is 1. The van der Waals surface area contributed by atoms with Gasteiger partial charge in [0.15, 0.2) is 0 Å². The summed E-state index contributed by atoms with van der Waals surface area (Å²) in [6, 6.07) is 0. The van der Waals surface area contributed by atoms with Crippen molar-refractivity contribution < 1.29 is 22.9 Å². The van der Waals surface area contributed by atoms with Gasteiger partial charge in [0.2, 0.25) is 0 Å². The van der Waals surface area contributed by atoms with Crippen LogP contribution in [0.15, 0.2) is 34.9 Å². The van der Waals surface area contributed by atoms with E-state index in [9.17, 15) is 13.2 Å². The van der Waals surface area contributed by atoms with Crippen molar-refractivity contribution in [1.29, 1.82) is 0 Å². The number of carboxylic acids is 1. The van der Waals surface area contributed by atoms with Crippen molar-refractivity contribution in [3.05, 3.63) is 34.9 Å². The SMILES string of the molecule is C=C/C(C(=O)O)=C(\C=C(/C)S(=O)(=O)O)N(C)N. The Kier molecular flexibility index (Phi) is 5.08. The number of hydrogen-bond donors (Lipinski definition) is 3. The van der Waals surface area contributed by atoms with Crippen LogP contribution in [0, 0.1) is 0 Å². The number of nitrogens with two attached hydrogens (primary N) is 1. The average molecular weight is 262 g/mol. The molecule has 0 atom stereocenters. The fourth-order valence-corrected chi connectivity index (χ4v) is 1.20. The summed E-state index contributed by atoms with van der Waals surface area (Å²) in [4.78, 5) is 10.4. The first-order chi connectivity index (χ1) is 7.61. The molecule has 4 N–H and O–H groups in total. The fraction of sp³-hybridized carbons (Fsp3) is 0.222. The van der Waals surface area contributed by atoms with Gasteiger partial charge in [-0.25, -0.2) is 10.6 Å². The molecule has 7 nitrogen and oxygen atoms in total. The molecule has 0 aromatic carbocycles. The van der Waals surface area contributed by atoms with Crippen LogP contribution in [0.1, 0.15) is 6.92 Å². The molecule has 0 aliphatic carbocycles. The Morgan fingerprint density at radius 3 is 2.18 bits per heavy atom. The Morgan fingerprint density at radius 2 is 1.94 bits per heavy atom. The first kappa shape index (κ1) is 15.4. The van der Waals surface area contributed by atoms with Gasteiger partial charge in [0, 0.05) is 7.05 Å². The van der Waals surface area contributed by atoms with E-state index in [1.807, 2.05) is 0 Å². The number of carboxylic acid groups (broad SMARTS) is 1. The van der Waals surface area contributed by atoms with E-state index in [4.69, 9.17) is 15.5 Å². The number of hydrogen-bond acceptors (Lipinski definition) is 5. The van der Waals surface area contributed by atoms with Gasteiger partial charge in [-0.3, -0.25) is 4.55 Å². The van der Waals surface area contributed by atoms with E-state index in [1.165, 1.54) is 7.05 Å². The van der Waals surface area contributed by atoms with Gasteiger partial charge in [-0.05, 0) is 13.0 Å². The normalized spacial score (nSPS) is 14.0. The lowest BCUT2D eigenvalue weighted by molar-refractivity contribution is -0.132. The maximum Gasteiger partial charge on any atom is 0.337 e.